The number of hydrazine groups is 2. The second-order valence-electron chi connectivity index (χ2n) is 23.5. The van der Waals surface area contributed by atoms with E-state index in [1.165, 1.54) is 54.6 Å². The minimum Gasteiger partial charge on any atom is -0.481 e. The number of nitrogens with one attached hydrogen (secondary N) is 3. The number of nitrogens with two attached hydrogens (primary N) is 1. The van der Waals surface area contributed by atoms with Crippen LogP contribution in [0.3, 0.4) is 0 Å². The van der Waals surface area contributed by atoms with E-state index in [0.717, 1.165) is 59.7 Å². The Hall–Kier alpha value is -13.1. The number of aromatic nitrogens is 4. The van der Waals surface area contributed by atoms with Gasteiger partial charge in [-0.3, -0.25) is 54.6 Å². The summed E-state index contributed by atoms with van der Waals surface area (Å²) in [6.07, 6.45) is -17.8. The highest BCUT2D eigenvalue weighted by Gasteiger charge is 2.33. The van der Waals surface area contributed by atoms with Gasteiger partial charge in [-0.25, -0.2) is 5.84 Å². The van der Waals surface area contributed by atoms with E-state index >= 15 is 0 Å². The Labute approximate surface area is 664 Å². The first kappa shape index (κ1) is 100.0. The minimum absolute atomic E-state index is 0. The first-order chi connectivity index (χ1) is 53.5. The van der Waals surface area contributed by atoms with Crippen LogP contribution in [0, 0.1) is 0 Å². The van der Waals surface area contributed by atoms with E-state index in [2.05, 4.69) is 40.7 Å². The molecular weight excluding hydrogens is 1560 g/mol. The SMILES string of the molecule is C.C.C.C.CCOC(=O)CC(=O)NNC(=O)c1ccccc1Cc1ccc(C(F)(F)F)cc1.CCOC(=O)CC(=O)O.CCOC(=O)Cc1nnc(-c2ccccc2Cc2ccc(C(F)(F)F)cc2)o1.NNC(=O)c1ccccc1Cc1ccc(C(F)(F)F)cc1.O=C(O)Cc1nnc(-c2ccccc2Cc2ccc(C(F)(F)F)cc2)o1. The van der Waals surface area contributed by atoms with Crippen LogP contribution in [-0.2, 0) is 106 Å². The second kappa shape index (κ2) is 47.6. The lowest BCUT2D eigenvalue weighted by molar-refractivity contribution is -0.151. The van der Waals surface area contributed by atoms with Gasteiger partial charge in [0.25, 0.3) is 11.8 Å². The molecule has 0 atom stereocenters. The largest absolute Gasteiger partial charge is 0.481 e. The molecule has 7 N–H and O–H groups in total. The summed E-state index contributed by atoms with van der Waals surface area (Å²) in [6, 6.07) is 47.0. The average Bonchev–Trinajstić information content (AvgIpc) is 1.78. The lowest BCUT2D eigenvalue weighted by Crippen LogP contribution is -2.42. The number of amides is 3. The van der Waals surface area contributed by atoms with Crippen LogP contribution in [0.2, 0.25) is 0 Å². The molecule has 0 spiro atoms. The zero-order valence-corrected chi connectivity index (χ0v) is 59.9. The van der Waals surface area contributed by atoms with Gasteiger partial charge in [0.1, 0.15) is 25.7 Å². The van der Waals surface area contributed by atoms with Gasteiger partial charge in [-0.05, 0) is 164 Å². The lowest BCUT2D eigenvalue weighted by Gasteiger charge is -2.12. The van der Waals surface area contributed by atoms with Gasteiger partial charge in [0, 0.05) is 22.3 Å². The molecule has 2 heterocycles. The predicted octanol–water partition coefficient (Wildman–Crippen LogP) is 16.9. The van der Waals surface area contributed by atoms with Crippen molar-refractivity contribution < 1.29 is 124 Å². The molecule has 0 aliphatic heterocycles. The summed E-state index contributed by atoms with van der Waals surface area (Å²) in [5.74, 6) is -0.271. The number of hydrogen-bond donors (Lipinski definition) is 6. The number of nitrogens with zero attached hydrogens (tertiary/aromatic N) is 4. The average molecular weight is 1650 g/mol. The molecule has 0 radical (unpaired) electrons. The van der Waals surface area contributed by atoms with Crippen molar-refractivity contribution in [1.82, 2.24) is 36.7 Å². The van der Waals surface area contributed by atoms with Crippen LogP contribution < -0.4 is 22.1 Å². The fourth-order valence-corrected chi connectivity index (χ4v) is 10.0. The quantitative estimate of drug-likeness (QED) is 0.00659. The number of nitrogen functional groups attached to an aromatic ring is 1. The lowest BCUT2D eigenvalue weighted by atomic mass is 9.98. The molecule has 0 saturated carbocycles. The number of rotatable bonds is 23. The fraction of sp³-hybridized carbons (Fsp3) is 0.268. The number of carboxylic acid groups (broad SMARTS) is 2. The van der Waals surface area contributed by atoms with E-state index in [0.29, 0.717) is 69.3 Å². The van der Waals surface area contributed by atoms with Gasteiger partial charge >= 0.3 is 54.6 Å². The Bertz CT molecular complexity index is 4820. The molecule has 10 rings (SSSR count). The monoisotopic (exact) mass is 1650 g/mol. The number of hydrogen-bond acceptors (Lipinski definition) is 18. The van der Waals surface area contributed by atoms with Crippen LogP contribution in [0.1, 0.15) is 163 Å². The van der Waals surface area contributed by atoms with Gasteiger partial charge in [0.15, 0.2) is 0 Å². The molecule has 0 saturated heterocycles. The van der Waals surface area contributed by atoms with E-state index in [4.69, 9.17) is 29.6 Å². The van der Waals surface area contributed by atoms with E-state index in [1.54, 1.807) is 99.6 Å². The molecule has 0 aliphatic rings. The maximum absolute atomic E-state index is 12.7. The van der Waals surface area contributed by atoms with Crippen LogP contribution in [0.25, 0.3) is 22.9 Å². The van der Waals surface area contributed by atoms with Crippen molar-refractivity contribution in [3.8, 4) is 22.9 Å². The van der Waals surface area contributed by atoms with Crippen molar-refractivity contribution >= 4 is 47.6 Å². The summed E-state index contributed by atoms with van der Waals surface area (Å²) >= 11 is 0. The number of benzene rings is 8. The Morgan fingerprint density at radius 3 is 0.991 bits per heavy atom. The Morgan fingerprint density at radius 2 is 0.667 bits per heavy atom. The van der Waals surface area contributed by atoms with Crippen molar-refractivity contribution in [3.63, 3.8) is 0 Å². The van der Waals surface area contributed by atoms with Crippen molar-refractivity contribution in [2.75, 3.05) is 19.8 Å². The van der Waals surface area contributed by atoms with Gasteiger partial charge < -0.3 is 33.3 Å². The normalized spacial score (nSPS) is 10.7. The smallest absolute Gasteiger partial charge is 0.416 e. The molecule has 8 aromatic carbocycles. The van der Waals surface area contributed by atoms with Gasteiger partial charge in [-0.1, -0.05) is 151 Å². The summed E-state index contributed by atoms with van der Waals surface area (Å²) in [7, 11) is 0. The zero-order chi connectivity index (χ0) is 83.1. The van der Waals surface area contributed by atoms with Crippen LogP contribution in [0.4, 0.5) is 52.7 Å². The van der Waals surface area contributed by atoms with E-state index in [9.17, 15) is 91.0 Å². The topological polar surface area (TPSA) is 345 Å². The Balaban J connectivity index is 0.000000507. The molecule has 0 aliphatic carbocycles. The molecule has 2 aromatic heterocycles. The van der Waals surface area contributed by atoms with Crippen LogP contribution in [-0.4, -0.2) is 98.0 Å². The highest BCUT2D eigenvalue weighted by Crippen LogP contribution is 2.35. The molecule has 0 unspecified atom stereocenters. The summed E-state index contributed by atoms with van der Waals surface area (Å²) in [5, 5.41) is 32.2. The summed E-state index contributed by atoms with van der Waals surface area (Å²) in [4.78, 5) is 89.2. The maximum atomic E-state index is 12.7. The van der Waals surface area contributed by atoms with Gasteiger partial charge in [-0.2, -0.15) is 52.7 Å². The summed E-state index contributed by atoms with van der Waals surface area (Å²) < 4.78 is 176. The molecule has 10 aromatic rings. The second-order valence-corrected chi connectivity index (χ2v) is 23.5. The third-order valence-electron chi connectivity index (χ3n) is 15.2. The molecule has 3 amide bonds. The van der Waals surface area contributed by atoms with E-state index in [-0.39, 0.29) is 97.9 Å². The van der Waals surface area contributed by atoms with E-state index < -0.39 is 107 Å². The molecule has 117 heavy (non-hydrogen) atoms. The van der Waals surface area contributed by atoms with Crippen molar-refractivity contribution in [1.29, 1.82) is 0 Å². The molecule has 628 valence electrons. The number of carboxylic acids is 2. The first-order valence-electron chi connectivity index (χ1n) is 33.6. The third kappa shape index (κ3) is 33.5. The first-order valence-corrected chi connectivity index (χ1v) is 33.6. The van der Waals surface area contributed by atoms with Crippen molar-refractivity contribution in [2.45, 2.75) is 127 Å². The van der Waals surface area contributed by atoms with Crippen molar-refractivity contribution in [3.05, 3.63) is 284 Å². The van der Waals surface area contributed by atoms with Crippen LogP contribution in [0.15, 0.2) is 203 Å². The summed E-state index contributed by atoms with van der Waals surface area (Å²) in [6.45, 7) is 5.55. The summed E-state index contributed by atoms with van der Waals surface area (Å²) in [5.41, 5.74) is 11.0. The third-order valence-corrected chi connectivity index (χ3v) is 15.2. The van der Waals surface area contributed by atoms with Gasteiger partial charge in [0.05, 0.1) is 42.1 Å². The zero-order valence-electron chi connectivity index (χ0n) is 59.9. The molecular formula is C82H86F12N8O15. The predicted molar refractivity (Wildman–Crippen MR) is 405 cm³/mol. The molecule has 0 bridgehead atoms. The number of alkyl halides is 12. The number of ether oxygens (including phenoxy) is 3. The van der Waals surface area contributed by atoms with Crippen LogP contribution >= 0.6 is 0 Å². The highest BCUT2D eigenvalue weighted by atomic mass is 19.4. The molecule has 23 nitrogen and oxygen atoms in total. The van der Waals surface area contributed by atoms with E-state index in [1.807, 2.05) is 17.6 Å². The number of halogens is 12. The molecule has 0 fully saturated rings. The Kier molecular flexibility index (Phi) is 40.7. The number of aliphatic carboxylic acids is 2. The number of carbonyl (C=O) groups excluding carboxylic acids is 6. The Morgan fingerprint density at radius 1 is 0.368 bits per heavy atom. The van der Waals surface area contributed by atoms with Crippen LogP contribution in [0.5, 0.6) is 0 Å². The van der Waals surface area contributed by atoms with Gasteiger partial charge in [0.2, 0.25) is 29.5 Å². The standard InChI is InChI=1S/C20H19F3N2O4.C20H17F3N2O3.C18H13F3N2O3.C15H13F3N2O.C5H8O4.4CH4/c1-2-29-18(27)12-17(26)24-25-19(28)16-6-4-3-5-14(16)11-13-7-9-15(10-8-13)20(21,22)23;1-2-27-18(26)12-17-24-25-19(28-17)16-6-4-3-5-14(16)11-13-7-9-15(10-8-13)20(21,22)23;19-18(20,21)13-7-5-11(6-8-13)9-12-3-1-2-4-14(12)17-23-22-15(26-17)10-16(24)25;16-15(17,18)12-7-5-10(6-8-12)9-11-3-1-2-4-13(11)14(21)20-19;1-2-9-5(8)3-4(6)7;;;;/h3-10H,2,11-12H2,1H3,(H,24,26)(H,25,28);3-10H,2,11-12H2,1H3;1-8H,9-10H2,(H,24,25);1-8H,9,19H2,(H,20,21);2-3H2,1H3,(H,6,7);4*1H4. The number of esters is 3. The maximum Gasteiger partial charge on any atom is 0.416 e. The fourth-order valence-electron chi connectivity index (χ4n) is 10.0. The molecule has 35 heteroatoms. The minimum atomic E-state index is -4.42. The highest BCUT2D eigenvalue weighted by molar-refractivity contribution is 5.99. The number of carbonyl (C=O) groups is 8. The van der Waals surface area contributed by atoms with Gasteiger partial charge in [-0.15, -0.1) is 20.4 Å². The van der Waals surface area contributed by atoms with Crippen molar-refractivity contribution in [2.24, 2.45) is 5.84 Å².